The Kier molecular flexibility index (Phi) is 5.46. The summed E-state index contributed by atoms with van der Waals surface area (Å²) < 4.78 is 26.5. The van der Waals surface area contributed by atoms with Gasteiger partial charge >= 0.3 is 0 Å². The molecule has 0 aliphatic heterocycles. The maximum atomic E-state index is 12.2. The van der Waals surface area contributed by atoms with Crippen molar-refractivity contribution in [2.45, 2.75) is 24.7 Å². The zero-order valence-corrected chi connectivity index (χ0v) is 13.3. The fourth-order valence-electron chi connectivity index (χ4n) is 2.13. The molecule has 0 atom stereocenters. The molecule has 2 rings (SSSR count). The third kappa shape index (κ3) is 4.26. The average molecular weight is 317 g/mol. The van der Waals surface area contributed by atoms with E-state index in [1.165, 1.54) is 12.1 Å². The molecule has 0 heterocycles. The fraction of sp³-hybridized carbons (Fsp3) is 0.235. The van der Waals surface area contributed by atoms with Crippen LogP contribution in [-0.4, -0.2) is 20.7 Å². The summed E-state index contributed by atoms with van der Waals surface area (Å²) in [4.78, 5) is 12.3. The zero-order valence-electron chi connectivity index (χ0n) is 12.5. The average Bonchev–Trinajstić information content (AvgIpc) is 2.54. The summed E-state index contributed by atoms with van der Waals surface area (Å²) in [6.07, 6.45) is 1.90. The molecule has 0 fully saturated rings. The lowest BCUT2D eigenvalue weighted by atomic mass is 10.0. The van der Waals surface area contributed by atoms with Crippen LogP contribution in [0.15, 0.2) is 59.5 Å². The van der Waals surface area contributed by atoms with Gasteiger partial charge in [0.15, 0.2) is 5.78 Å². The van der Waals surface area contributed by atoms with Gasteiger partial charge in [-0.1, -0.05) is 49.7 Å². The summed E-state index contributed by atoms with van der Waals surface area (Å²) in [5.41, 5.74) is 1.61. The molecule has 0 aliphatic carbocycles. The van der Waals surface area contributed by atoms with Crippen molar-refractivity contribution in [2.24, 2.45) is 0 Å². The summed E-state index contributed by atoms with van der Waals surface area (Å²) in [7, 11) is -3.65. The Morgan fingerprint density at radius 3 is 2.45 bits per heavy atom. The van der Waals surface area contributed by atoms with Crippen LogP contribution in [0.5, 0.6) is 0 Å². The maximum Gasteiger partial charge on any atom is 0.240 e. The van der Waals surface area contributed by atoms with Crippen molar-refractivity contribution in [1.82, 2.24) is 4.72 Å². The van der Waals surface area contributed by atoms with Gasteiger partial charge in [0, 0.05) is 5.56 Å². The van der Waals surface area contributed by atoms with Crippen LogP contribution in [-0.2, 0) is 16.4 Å². The van der Waals surface area contributed by atoms with E-state index in [2.05, 4.69) is 11.6 Å². The van der Waals surface area contributed by atoms with Crippen molar-refractivity contribution in [3.8, 4) is 0 Å². The largest absolute Gasteiger partial charge is 0.293 e. The summed E-state index contributed by atoms with van der Waals surface area (Å²) >= 11 is 0. The second-order valence-electron chi connectivity index (χ2n) is 5.01. The summed E-state index contributed by atoms with van der Waals surface area (Å²) in [5.74, 6) is -0.238. The Bertz CT molecular complexity index is 740. The fourth-order valence-corrected chi connectivity index (χ4v) is 3.14. The lowest BCUT2D eigenvalue weighted by Gasteiger charge is -2.07. The predicted octanol–water partition coefficient (Wildman–Crippen LogP) is 2.80. The van der Waals surface area contributed by atoms with Gasteiger partial charge in [-0.25, -0.2) is 13.1 Å². The van der Waals surface area contributed by atoms with E-state index in [0.29, 0.717) is 5.56 Å². The Balaban J connectivity index is 2.05. The number of benzene rings is 2. The molecular formula is C17H19NO3S. The number of hydrogen-bond donors (Lipinski definition) is 1. The van der Waals surface area contributed by atoms with Gasteiger partial charge in [-0.2, -0.15) is 0 Å². The number of carbonyl (C=O) groups excluding carboxylic acids is 1. The van der Waals surface area contributed by atoms with Crippen LogP contribution in [0.25, 0.3) is 0 Å². The highest BCUT2D eigenvalue weighted by atomic mass is 32.2. The highest BCUT2D eigenvalue weighted by molar-refractivity contribution is 7.89. The molecule has 4 nitrogen and oxygen atoms in total. The topological polar surface area (TPSA) is 63.2 Å². The van der Waals surface area contributed by atoms with Crippen molar-refractivity contribution in [3.63, 3.8) is 0 Å². The molecule has 2 aromatic carbocycles. The lowest BCUT2D eigenvalue weighted by molar-refractivity contribution is 0.0997. The molecule has 0 saturated heterocycles. The monoisotopic (exact) mass is 317 g/mol. The minimum absolute atomic E-state index is 0.155. The minimum atomic E-state index is -3.65. The Morgan fingerprint density at radius 2 is 1.77 bits per heavy atom. The van der Waals surface area contributed by atoms with Gasteiger partial charge in [0.05, 0.1) is 11.4 Å². The van der Waals surface area contributed by atoms with Gasteiger partial charge in [-0.15, -0.1) is 0 Å². The van der Waals surface area contributed by atoms with Crippen LogP contribution in [0.3, 0.4) is 0 Å². The van der Waals surface area contributed by atoms with E-state index in [4.69, 9.17) is 0 Å². The highest BCUT2D eigenvalue weighted by Gasteiger charge is 2.15. The summed E-state index contributed by atoms with van der Waals surface area (Å²) in [6.45, 7) is 1.83. The number of aryl methyl sites for hydroxylation is 1. The van der Waals surface area contributed by atoms with Gasteiger partial charge in [-0.3, -0.25) is 4.79 Å². The van der Waals surface area contributed by atoms with Crippen molar-refractivity contribution < 1.29 is 13.2 Å². The van der Waals surface area contributed by atoms with Crippen LogP contribution in [0.2, 0.25) is 0 Å². The molecule has 0 saturated carbocycles. The van der Waals surface area contributed by atoms with E-state index in [9.17, 15) is 13.2 Å². The maximum absolute atomic E-state index is 12.2. The molecule has 116 valence electrons. The van der Waals surface area contributed by atoms with Crippen molar-refractivity contribution in [1.29, 1.82) is 0 Å². The normalized spacial score (nSPS) is 11.3. The van der Waals surface area contributed by atoms with Crippen LogP contribution in [0.4, 0.5) is 0 Å². The smallest absolute Gasteiger partial charge is 0.240 e. The first-order valence-corrected chi connectivity index (χ1v) is 8.68. The van der Waals surface area contributed by atoms with Crippen molar-refractivity contribution >= 4 is 15.8 Å². The van der Waals surface area contributed by atoms with Gasteiger partial charge in [0.1, 0.15) is 0 Å². The molecule has 5 heteroatoms. The van der Waals surface area contributed by atoms with Crippen LogP contribution < -0.4 is 4.72 Å². The number of carbonyl (C=O) groups is 1. The first-order valence-electron chi connectivity index (χ1n) is 7.20. The molecule has 0 spiro atoms. The van der Waals surface area contributed by atoms with Crippen LogP contribution >= 0.6 is 0 Å². The van der Waals surface area contributed by atoms with Gasteiger partial charge in [0.25, 0.3) is 0 Å². The predicted molar refractivity (Wildman–Crippen MR) is 86.4 cm³/mol. The Hall–Kier alpha value is -1.98. The van der Waals surface area contributed by atoms with E-state index in [0.717, 1.165) is 18.4 Å². The first-order chi connectivity index (χ1) is 10.5. The standard InChI is InChI=1S/C17H19NO3S/c1-2-7-14-8-6-9-15(12-14)17(19)13-18-22(20,21)16-10-4-3-5-11-16/h3-6,8-12,18H,2,7,13H2,1H3. The molecule has 0 radical (unpaired) electrons. The zero-order chi connectivity index (χ0) is 16.0. The van der Waals surface area contributed by atoms with Gasteiger partial charge in [-0.05, 0) is 30.2 Å². The lowest BCUT2D eigenvalue weighted by Crippen LogP contribution is -2.29. The quantitative estimate of drug-likeness (QED) is 0.799. The summed E-state index contributed by atoms with van der Waals surface area (Å²) in [5, 5.41) is 0. The molecule has 0 unspecified atom stereocenters. The minimum Gasteiger partial charge on any atom is -0.293 e. The molecule has 0 bridgehead atoms. The second kappa shape index (κ2) is 7.33. The first kappa shape index (κ1) is 16.4. The van der Waals surface area contributed by atoms with Crippen LogP contribution in [0, 0.1) is 0 Å². The molecule has 22 heavy (non-hydrogen) atoms. The van der Waals surface area contributed by atoms with Gasteiger partial charge in [0.2, 0.25) is 10.0 Å². The SMILES string of the molecule is CCCc1cccc(C(=O)CNS(=O)(=O)c2ccccc2)c1. The van der Waals surface area contributed by atoms with E-state index in [1.807, 2.05) is 18.2 Å². The molecule has 0 aromatic heterocycles. The molecule has 1 N–H and O–H groups in total. The number of rotatable bonds is 7. The van der Waals surface area contributed by atoms with E-state index in [-0.39, 0.29) is 17.2 Å². The summed E-state index contributed by atoms with van der Waals surface area (Å²) in [6, 6.07) is 15.3. The van der Waals surface area contributed by atoms with E-state index < -0.39 is 10.0 Å². The molecule has 0 aliphatic rings. The number of Topliss-reactive ketones (excluding diaryl/α,β-unsaturated/α-hetero) is 1. The molecule has 0 amide bonds. The van der Waals surface area contributed by atoms with Crippen molar-refractivity contribution in [3.05, 3.63) is 65.7 Å². The third-order valence-corrected chi connectivity index (χ3v) is 4.68. The van der Waals surface area contributed by atoms with Crippen LogP contribution in [0.1, 0.15) is 29.3 Å². The Morgan fingerprint density at radius 1 is 1.05 bits per heavy atom. The highest BCUT2D eigenvalue weighted by Crippen LogP contribution is 2.10. The molecular weight excluding hydrogens is 298 g/mol. The third-order valence-electron chi connectivity index (χ3n) is 3.26. The van der Waals surface area contributed by atoms with Crippen molar-refractivity contribution in [2.75, 3.05) is 6.54 Å². The number of nitrogens with one attached hydrogen (secondary N) is 1. The number of ketones is 1. The van der Waals surface area contributed by atoms with Gasteiger partial charge < -0.3 is 0 Å². The number of hydrogen-bond acceptors (Lipinski definition) is 3. The van der Waals surface area contributed by atoms with E-state index >= 15 is 0 Å². The second-order valence-corrected chi connectivity index (χ2v) is 6.78. The Labute approximate surface area is 131 Å². The number of sulfonamides is 1. The molecule has 2 aromatic rings. The van der Waals surface area contributed by atoms with E-state index in [1.54, 1.807) is 24.3 Å².